The molecule has 3 rings (SSSR count). The van der Waals surface area contributed by atoms with Crippen LogP contribution in [0.5, 0.6) is 0 Å². The molecule has 0 spiro atoms. The third kappa shape index (κ3) is 3.69. The molecule has 2 aliphatic carbocycles. The third-order valence-corrected chi connectivity index (χ3v) is 4.70. The van der Waals surface area contributed by atoms with Gasteiger partial charge in [0.2, 0.25) is 0 Å². The number of nitrogens with one attached hydrogen (secondary N) is 2. The summed E-state index contributed by atoms with van der Waals surface area (Å²) in [6, 6.07) is 8.55. The van der Waals surface area contributed by atoms with Crippen molar-refractivity contribution in [3.63, 3.8) is 0 Å². The predicted octanol–water partition coefficient (Wildman–Crippen LogP) is 2.03. The summed E-state index contributed by atoms with van der Waals surface area (Å²) in [7, 11) is 0. The number of urea groups is 1. The van der Waals surface area contributed by atoms with Gasteiger partial charge in [-0.1, -0.05) is 36.4 Å². The first-order chi connectivity index (χ1) is 10.7. The standard InChI is InChI=1S/C18H24N2O2/c21-12-14-5-6-17(11-14)20-18(22)19-8-7-13-9-15-3-1-2-4-16(15)10-13/h1-6,13-14,17,21H,7-12H2,(H2,19,20,22)/t14-,17+/m0/s1. The SMILES string of the molecule is O=C(NCCC1Cc2ccccc2C1)N[C@@H]1C=C[C@H](CO)C1. The molecule has 0 saturated carbocycles. The van der Waals surface area contributed by atoms with E-state index in [-0.39, 0.29) is 24.6 Å². The van der Waals surface area contributed by atoms with Crippen molar-refractivity contribution in [2.24, 2.45) is 11.8 Å². The zero-order valence-electron chi connectivity index (χ0n) is 12.8. The van der Waals surface area contributed by atoms with Crippen LogP contribution in [0.3, 0.4) is 0 Å². The molecule has 2 aliphatic rings. The Kier molecular flexibility index (Phi) is 4.78. The fourth-order valence-electron chi connectivity index (χ4n) is 3.48. The summed E-state index contributed by atoms with van der Waals surface area (Å²) in [6.07, 6.45) is 8.00. The molecule has 0 saturated heterocycles. The monoisotopic (exact) mass is 300 g/mol. The first kappa shape index (κ1) is 15.1. The number of amides is 2. The minimum atomic E-state index is -0.108. The maximum Gasteiger partial charge on any atom is 0.315 e. The Hall–Kier alpha value is -1.81. The lowest BCUT2D eigenvalue weighted by atomic mass is 10.0. The molecule has 4 heteroatoms. The van der Waals surface area contributed by atoms with Gasteiger partial charge in [0.15, 0.2) is 0 Å². The molecule has 0 aliphatic heterocycles. The molecule has 0 aromatic heterocycles. The van der Waals surface area contributed by atoms with Gasteiger partial charge in [0.1, 0.15) is 0 Å². The maximum atomic E-state index is 11.9. The zero-order valence-corrected chi connectivity index (χ0v) is 12.8. The highest BCUT2D eigenvalue weighted by atomic mass is 16.3. The van der Waals surface area contributed by atoms with Gasteiger partial charge >= 0.3 is 6.03 Å². The fraction of sp³-hybridized carbons (Fsp3) is 0.500. The second-order valence-electron chi connectivity index (χ2n) is 6.40. The Bertz CT molecular complexity index is 531. The highest BCUT2D eigenvalue weighted by Crippen LogP contribution is 2.28. The molecule has 2 atom stereocenters. The molecule has 3 N–H and O–H groups in total. The number of carbonyl (C=O) groups is 1. The molecule has 0 radical (unpaired) electrons. The van der Waals surface area contributed by atoms with Gasteiger partial charge in [-0.3, -0.25) is 0 Å². The molecule has 118 valence electrons. The Morgan fingerprint density at radius 1 is 1.18 bits per heavy atom. The molecule has 0 heterocycles. The van der Waals surface area contributed by atoms with Crippen molar-refractivity contribution in [1.29, 1.82) is 0 Å². The van der Waals surface area contributed by atoms with Crippen molar-refractivity contribution in [1.82, 2.24) is 10.6 Å². The lowest BCUT2D eigenvalue weighted by Crippen LogP contribution is -2.41. The average molecular weight is 300 g/mol. The molecule has 1 aromatic rings. The van der Waals surface area contributed by atoms with E-state index >= 15 is 0 Å². The molecule has 22 heavy (non-hydrogen) atoms. The van der Waals surface area contributed by atoms with Crippen molar-refractivity contribution in [2.45, 2.75) is 31.7 Å². The molecular weight excluding hydrogens is 276 g/mol. The van der Waals surface area contributed by atoms with Crippen LogP contribution in [0.2, 0.25) is 0 Å². The van der Waals surface area contributed by atoms with E-state index in [1.807, 2.05) is 12.2 Å². The summed E-state index contributed by atoms with van der Waals surface area (Å²) < 4.78 is 0. The van der Waals surface area contributed by atoms with Crippen LogP contribution in [-0.2, 0) is 12.8 Å². The zero-order chi connectivity index (χ0) is 15.4. The summed E-state index contributed by atoms with van der Waals surface area (Å²) in [5, 5.41) is 15.0. The van der Waals surface area contributed by atoms with Gasteiger partial charge in [0.25, 0.3) is 0 Å². The normalized spacial score (nSPS) is 23.5. The molecule has 2 amide bonds. The Morgan fingerprint density at radius 3 is 2.55 bits per heavy atom. The van der Waals surface area contributed by atoms with Gasteiger partial charge in [-0.25, -0.2) is 4.79 Å². The molecular formula is C18H24N2O2. The van der Waals surface area contributed by atoms with E-state index in [1.165, 1.54) is 11.1 Å². The highest BCUT2D eigenvalue weighted by molar-refractivity contribution is 5.74. The lowest BCUT2D eigenvalue weighted by Gasteiger charge is -2.14. The van der Waals surface area contributed by atoms with Gasteiger partial charge in [-0.15, -0.1) is 0 Å². The largest absolute Gasteiger partial charge is 0.396 e. The lowest BCUT2D eigenvalue weighted by molar-refractivity contribution is 0.231. The number of benzene rings is 1. The van der Waals surface area contributed by atoms with Crippen LogP contribution in [0.4, 0.5) is 4.79 Å². The summed E-state index contributed by atoms with van der Waals surface area (Å²) in [6.45, 7) is 0.864. The van der Waals surface area contributed by atoms with E-state index in [1.54, 1.807) is 0 Å². The predicted molar refractivity (Wildman–Crippen MR) is 86.6 cm³/mol. The van der Waals surface area contributed by atoms with Gasteiger partial charge in [0, 0.05) is 25.1 Å². The molecule has 0 bridgehead atoms. The topological polar surface area (TPSA) is 61.4 Å². The molecule has 4 nitrogen and oxygen atoms in total. The average Bonchev–Trinajstić information content (AvgIpc) is 3.13. The van der Waals surface area contributed by atoms with E-state index in [2.05, 4.69) is 34.9 Å². The van der Waals surface area contributed by atoms with Crippen LogP contribution in [-0.4, -0.2) is 30.3 Å². The van der Waals surface area contributed by atoms with Gasteiger partial charge in [-0.05, 0) is 42.7 Å². The highest BCUT2D eigenvalue weighted by Gasteiger charge is 2.22. The minimum Gasteiger partial charge on any atom is -0.396 e. The van der Waals surface area contributed by atoms with Crippen molar-refractivity contribution in [2.75, 3.05) is 13.2 Å². The number of aliphatic hydroxyl groups excluding tert-OH is 1. The Morgan fingerprint density at radius 2 is 1.91 bits per heavy atom. The van der Waals surface area contributed by atoms with Crippen LogP contribution in [0.1, 0.15) is 24.0 Å². The van der Waals surface area contributed by atoms with E-state index in [4.69, 9.17) is 5.11 Å². The smallest absolute Gasteiger partial charge is 0.315 e. The first-order valence-electron chi connectivity index (χ1n) is 8.15. The van der Waals surface area contributed by atoms with Crippen molar-refractivity contribution >= 4 is 6.03 Å². The maximum absolute atomic E-state index is 11.9. The van der Waals surface area contributed by atoms with Crippen LogP contribution in [0, 0.1) is 11.8 Å². The van der Waals surface area contributed by atoms with E-state index in [0.717, 1.165) is 25.7 Å². The summed E-state index contributed by atoms with van der Waals surface area (Å²) in [4.78, 5) is 11.9. The number of hydrogen-bond acceptors (Lipinski definition) is 2. The number of rotatable bonds is 5. The van der Waals surface area contributed by atoms with Crippen molar-refractivity contribution in [3.8, 4) is 0 Å². The fourth-order valence-corrected chi connectivity index (χ4v) is 3.48. The second-order valence-corrected chi connectivity index (χ2v) is 6.40. The Balaban J connectivity index is 1.34. The molecule has 0 unspecified atom stereocenters. The van der Waals surface area contributed by atoms with Crippen molar-refractivity contribution in [3.05, 3.63) is 47.5 Å². The number of aliphatic hydroxyl groups is 1. The van der Waals surface area contributed by atoms with Gasteiger partial charge in [-0.2, -0.15) is 0 Å². The van der Waals surface area contributed by atoms with Crippen LogP contribution < -0.4 is 10.6 Å². The molecule has 0 fully saturated rings. The van der Waals surface area contributed by atoms with Crippen molar-refractivity contribution < 1.29 is 9.90 Å². The van der Waals surface area contributed by atoms with E-state index < -0.39 is 0 Å². The Labute approximate surface area is 131 Å². The number of hydrogen-bond donors (Lipinski definition) is 3. The number of fused-ring (bicyclic) bond motifs is 1. The van der Waals surface area contributed by atoms with Crippen LogP contribution in [0.25, 0.3) is 0 Å². The molecule has 1 aromatic carbocycles. The number of carbonyl (C=O) groups excluding carboxylic acids is 1. The van der Waals surface area contributed by atoms with E-state index in [0.29, 0.717) is 12.5 Å². The third-order valence-electron chi connectivity index (χ3n) is 4.70. The van der Waals surface area contributed by atoms with Gasteiger partial charge in [0.05, 0.1) is 0 Å². The quantitative estimate of drug-likeness (QED) is 0.729. The van der Waals surface area contributed by atoms with Crippen LogP contribution in [0.15, 0.2) is 36.4 Å². The van der Waals surface area contributed by atoms with E-state index in [9.17, 15) is 4.79 Å². The van der Waals surface area contributed by atoms with Gasteiger partial charge < -0.3 is 15.7 Å². The summed E-state index contributed by atoms with van der Waals surface area (Å²) in [5.41, 5.74) is 2.92. The van der Waals surface area contributed by atoms with Crippen LogP contribution >= 0.6 is 0 Å². The summed E-state index contributed by atoms with van der Waals surface area (Å²) in [5.74, 6) is 0.824. The summed E-state index contributed by atoms with van der Waals surface area (Å²) >= 11 is 0. The first-order valence-corrected chi connectivity index (χ1v) is 8.15. The second kappa shape index (κ2) is 6.97. The minimum absolute atomic E-state index is 0.0490.